The quantitative estimate of drug-likeness (QED) is 0.467. The van der Waals surface area contributed by atoms with Gasteiger partial charge >= 0.3 is 0 Å². The summed E-state index contributed by atoms with van der Waals surface area (Å²) in [5, 5.41) is 9.96. The summed E-state index contributed by atoms with van der Waals surface area (Å²) in [6, 6.07) is 0. The molecule has 1 fully saturated rings. The average molecular weight is 114 g/mol. The molecule has 2 atom stereocenters. The number of nitrogens with two attached hydrogens (primary N) is 1. The molecule has 0 aliphatic heterocycles. The Morgan fingerprint density at radius 1 is 1.88 bits per heavy atom. The summed E-state index contributed by atoms with van der Waals surface area (Å²) in [7, 11) is 0. The van der Waals surface area contributed by atoms with Crippen molar-refractivity contribution in [3.63, 3.8) is 0 Å². The number of carboxylic acids is 1. The molecule has 1 aliphatic rings. The second-order valence-electron chi connectivity index (χ2n) is 2.16. The minimum absolute atomic E-state index is 0.208. The van der Waals surface area contributed by atoms with Crippen LogP contribution in [0.4, 0.5) is 0 Å². The zero-order valence-corrected chi connectivity index (χ0v) is 4.46. The maximum absolute atomic E-state index is 9.96. The highest BCUT2D eigenvalue weighted by molar-refractivity contribution is 5.71. The molecule has 2 N–H and O–H groups in total. The molecule has 8 heavy (non-hydrogen) atoms. The summed E-state index contributed by atoms with van der Waals surface area (Å²) in [5.74, 6) is -0.972. The van der Waals surface area contributed by atoms with Crippen LogP contribution >= 0.6 is 0 Å². The minimum atomic E-state index is -0.944. The van der Waals surface area contributed by atoms with Crippen molar-refractivity contribution in [1.82, 2.24) is 0 Å². The number of carbonyl (C=O) groups is 1. The first-order valence-electron chi connectivity index (χ1n) is 2.66. The highest BCUT2D eigenvalue weighted by atomic mass is 16.4. The summed E-state index contributed by atoms with van der Waals surface area (Å²) in [4.78, 5) is 9.96. The van der Waals surface area contributed by atoms with E-state index in [2.05, 4.69) is 0 Å². The van der Waals surface area contributed by atoms with Gasteiger partial charge in [0.05, 0.1) is 0 Å². The van der Waals surface area contributed by atoms with Gasteiger partial charge in [0.25, 0.3) is 0 Å². The fraction of sp³-hybridized carbons (Fsp3) is 0.800. The van der Waals surface area contributed by atoms with Gasteiger partial charge in [-0.15, -0.1) is 0 Å². The van der Waals surface area contributed by atoms with Crippen molar-refractivity contribution in [3.8, 4) is 0 Å². The van der Waals surface area contributed by atoms with Crippen LogP contribution in [0.5, 0.6) is 0 Å². The zero-order valence-electron chi connectivity index (χ0n) is 4.46. The van der Waals surface area contributed by atoms with E-state index < -0.39 is 5.97 Å². The summed E-state index contributed by atoms with van der Waals surface area (Å²) < 4.78 is 0. The van der Waals surface area contributed by atoms with Crippen LogP contribution in [0.1, 0.15) is 6.42 Å². The molecule has 0 heterocycles. The van der Waals surface area contributed by atoms with Crippen molar-refractivity contribution < 1.29 is 9.90 Å². The molecular formula is C5H8NO2-. The lowest BCUT2D eigenvalue weighted by atomic mass is 10.3. The molecule has 0 aromatic heterocycles. The summed E-state index contributed by atoms with van der Waals surface area (Å²) in [6.07, 6.45) is 0.721. The molecule has 0 aromatic carbocycles. The van der Waals surface area contributed by atoms with Crippen LogP contribution in [-0.4, -0.2) is 12.5 Å². The van der Waals surface area contributed by atoms with Crippen molar-refractivity contribution in [2.24, 2.45) is 17.6 Å². The molecule has 3 heteroatoms. The molecule has 0 saturated heterocycles. The fourth-order valence-electron chi connectivity index (χ4n) is 0.797. The minimum Gasteiger partial charge on any atom is -0.550 e. The molecule has 0 bridgehead atoms. The standard InChI is InChI=1S/C5H9NO2/c6-2-3-1-4(3)5(7)8/h3-4H,1-2,6H2,(H,7,8)/p-1/t3-,4-/m0/s1. The summed E-state index contributed by atoms with van der Waals surface area (Å²) in [6.45, 7) is 0.485. The van der Waals surface area contributed by atoms with Gasteiger partial charge < -0.3 is 15.6 Å². The van der Waals surface area contributed by atoms with Crippen LogP contribution in [0.2, 0.25) is 0 Å². The number of aliphatic carboxylic acids is 1. The number of hydrogen-bond acceptors (Lipinski definition) is 3. The first-order valence-corrected chi connectivity index (χ1v) is 2.66. The normalized spacial score (nSPS) is 34.6. The molecule has 3 nitrogen and oxygen atoms in total. The largest absolute Gasteiger partial charge is 0.550 e. The molecule has 1 aliphatic carbocycles. The van der Waals surface area contributed by atoms with Crippen molar-refractivity contribution in [2.75, 3.05) is 6.54 Å². The first-order chi connectivity index (χ1) is 3.75. The Kier molecular flexibility index (Phi) is 1.21. The van der Waals surface area contributed by atoms with Crippen molar-refractivity contribution in [1.29, 1.82) is 0 Å². The van der Waals surface area contributed by atoms with Gasteiger partial charge in [-0.2, -0.15) is 0 Å². The Balaban J connectivity index is 2.26. The highest BCUT2D eigenvalue weighted by Gasteiger charge is 2.36. The summed E-state index contributed by atoms with van der Waals surface area (Å²) in [5.41, 5.74) is 5.17. The van der Waals surface area contributed by atoms with Gasteiger partial charge in [0.2, 0.25) is 0 Å². The second kappa shape index (κ2) is 1.74. The van der Waals surface area contributed by atoms with E-state index in [-0.39, 0.29) is 11.8 Å². The molecule has 46 valence electrons. The van der Waals surface area contributed by atoms with Gasteiger partial charge in [-0.25, -0.2) is 0 Å². The van der Waals surface area contributed by atoms with Gasteiger partial charge in [-0.3, -0.25) is 0 Å². The van der Waals surface area contributed by atoms with E-state index in [4.69, 9.17) is 5.73 Å². The smallest absolute Gasteiger partial charge is 0.0448 e. The van der Waals surface area contributed by atoms with Crippen LogP contribution in [0.3, 0.4) is 0 Å². The predicted molar refractivity (Wildman–Crippen MR) is 25.7 cm³/mol. The van der Waals surface area contributed by atoms with E-state index in [0.717, 1.165) is 6.42 Å². The first kappa shape index (κ1) is 5.56. The zero-order chi connectivity index (χ0) is 6.15. The van der Waals surface area contributed by atoms with Crippen molar-refractivity contribution in [3.05, 3.63) is 0 Å². The van der Waals surface area contributed by atoms with E-state index in [9.17, 15) is 9.90 Å². The maximum Gasteiger partial charge on any atom is 0.0448 e. The molecule has 1 rings (SSSR count). The third kappa shape index (κ3) is 0.816. The van der Waals surface area contributed by atoms with Crippen LogP contribution in [0, 0.1) is 11.8 Å². The Morgan fingerprint density at radius 2 is 2.50 bits per heavy atom. The molecular weight excluding hydrogens is 106 g/mol. The number of hydrogen-bond donors (Lipinski definition) is 1. The lowest BCUT2D eigenvalue weighted by Gasteiger charge is -1.95. The second-order valence-corrected chi connectivity index (χ2v) is 2.16. The van der Waals surface area contributed by atoms with Gasteiger partial charge in [-0.05, 0) is 18.9 Å². The van der Waals surface area contributed by atoms with E-state index >= 15 is 0 Å². The third-order valence-corrected chi connectivity index (χ3v) is 1.53. The number of carbonyl (C=O) groups excluding carboxylic acids is 1. The van der Waals surface area contributed by atoms with Crippen LogP contribution in [-0.2, 0) is 4.79 Å². The maximum atomic E-state index is 9.96. The Labute approximate surface area is 47.5 Å². The highest BCUT2D eigenvalue weighted by Crippen LogP contribution is 2.36. The molecule has 0 aromatic rings. The molecule has 0 unspecified atom stereocenters. The van der Waals surface area contributed by atoms with E-state index in [1.54, 1.807) is 0 Å². The lowest BCUT2D eigenvalue weighted by molar-refractivity contribution is -0.308. The van der Waals surface area contributed by atoms with Gasteiger partial charge in [0.15, 0.2) is 0 Å². The Morgan fingerprint density at radius 3 is 2.62 bits per heavy atom. The van der Waals surface area contributed by atoms with E-state index in [0.29, 0.717) is 6.54 Å². The molecule has 0 amide bonds. The molecule has 0 spiro atoms. The number of carboxylic acid groups (broad SMARTS) is 1. The third-order valence-electron chi connectivity index (χ3n) is 1.53. The van der Waals surface area contributed by atoms with Crippen LogP contribution in [0.25, 0.3) is 0 Å². The van der Waals surface area contributed by atoms with Gasteiger partial charge in [0, 0.05) is 11.9 Å². The monoisotopic (exact) mass is 114 g/mol. The molecule has 1 saturated carbocycles. The average Bonchev–Trinajstić information content (AvgIpc) is 2.42. The fourth-order valence-corrected chi connectivity index (χ4v) is 0.797. The SMILES string of the molecule is NC[C@@H]1C[C@@H]1C(=O)[O-]. The topological polar surface area (TPSA) is 66.2 Å². The van der Waals surface area contributed by atoms with Crippen molar-refractivity contribution in [2.45, 2.75) is 6.42 Å². The number of rotatable bonds is 2. The van der Waals surface area contributed by atoms with Crippen molar-refractivity contribution >= 4 is 5.97 Å². The lowest BCUT2D eigenvalue weighted by Crippen LogP contribution is -2.25. The van der Waals surface area contributed by atoms with E-state index in [1.165, 1.54) is 0 Å². The molecule has 0 radical (unpaired) electrons. The van der Waals surface area contributed by atoms with Crippen LogP contribution < -0.4 is 10.8 Å². The van der Waals surface area contributed by atoms with Crippen LogP contribution in [0.15, 0.2) is 0 Å². The Bertz CT molecular complexity index is 113. The Hall–Kier alpha value is -0.570. The predicted octanol–water partition coefficient (Wildman–Crippen LogP) is -1.67. The van der Waals surface area contributed by atoms with Gasteiger partial charge in [-0.1, -0.05) is 0 Å². The summed E-state index contributed by atoms with van der Waals surface area (Å²) >= 11 is 0. The van der Waals surface area contributed by atoms with Gasteiger partial charge in [0.1, 0.15) is 0 Å². The van der Waals surface area contributed by atoms with E-state index in [1.807, 2.05) is 0 Å².